The summed E-state index contributed by atoms with van der Waals surface area (Å²) in [6.45, 7) is 3.15. The number of carbonyl (C=O) groups is 1. The second-order valence-corrected chi connectivity index (χ2v) is 8.73. The van der Waals surface area contributed by atoms with Crippen molar-refractivity contribution in [3.8, 4) is 0 Å². The Morgan fingerprint density at radius 3 is 2.29 bits per heavy atom. The fraction of sp³-hybridized carbons (Fsp3) is 0.417. The molecule has 0 aliphatic carbocycles. The van der Waals surface area contributed by atoms with Gasteiger partial charge in [-0.25, -0.2) is 22.0 Å². The molecule has 1 rings (SSSR count). The van der Waals surface area contributed by atoms with E-state index in [1.165, 1.54) is 18.2 Å². The van der Waals surface area contributed by atoms with Crippen molar-refractivity contribution in [3.63, 3.8) is 0 Å². The number of aryl methyl sites for hydroxylation is 1. The van der Waals surface area contributed by atoms with Crippen molar-refractivity contribution in [1.82, 2.24) is 5.32 Å². The summed E-state index contributed by atoms with van der Waals surface area (Å²) in [5.74, 6) is -0.642. The van der Waals surface area contributed by atoms with Gasteiger partial charge in [0, 0.05) is 17.9 Å². The van der Waals surface area contributed by atoms with E-state index in [9.17, 15) is 21.6 Å². The largest absolute Gasteiger partial charge is 0.349 e. The molecule has 0 aromatic heterocycles. The average Bonchev–Trinajstić information content (AvgIpc) is 2.24. The maximum atomic E-state index is 12.0. The van der Waals surface area contributed by atoms with Gasteiger partial charge in [0.05, 0.1) is 10.6 Å². The van der Waals surface area contributed by atoms with Crippen LogP contribution in [0.15, 0.2) is 23.1 Å². The van der Waals surface area contributed by atoms with Gasteiger partial charge in [0.15, 0.2) is 0 Å². The van der Waals surface area contributed by atoms with Crippen molar-refractivity contribution in [3.05, 3.63) is 29.3 Å². The van der Waals surface area contributed by atoms with Crippen LogP contribution in [0.25, 0.3) is 0 Å². The number of sulfonamides is 1. The van der Waals surface area contributed by atoms with Gasteiger partial charge in [-0.15, -0.1) is 0 Å². The summed E-state index contributed by atoms with van der Waals surface area (Å²) in [7, 11) is -7.02. The highest BCUT2D eigenvalue weighted by Crippen LogP contribution is 2.14. The number of benzene rings is 1. The van der Waals surface area contributed by atoms with Crippen LogP contribution in [0.2, 0.25) is 0 Å². The molecule has 0 aliphatic rings. The highest BCUT2D eigenvalue weighted by Gasteiger charge is 2.17. The second kappa shape index (κ2) is 6.12. The minimum Gasteiger partial charge on any atom is -0.349 e. The molecule has 1 atom stereocenters. The van der Waals surface area contributed by atoms with Gasteiger partial charge in [0.25, 0.3) is 5.91 Å². The molecule has 0 saturated carbocycles. The summed E-state index contributed by atoms with van der Waals surface area (Å²) in [4.78, 5) is 12.0. The number of primary sulfonamides is 1. The molecule has 0 bridgehead atoms. The quantitative estimate of drug-likeness (QED) is 0.772. The lowest BCUT2D eigenvalue weighted by Crippen LogP contribution is -2.37. The molecule has 0 aliphatic heterocycles. The Bertz CT molecular complexity index is 754. The molecule has 1 amide bonds. The van der Waals surface area contributed by atoms with E-state index in [1.54, 1.807) is 13.8 Å². The molecular weight excluding hydrogens is 316 g/mol. The molecule has 0 spiro atoms. The lowest BCUT2D eigenvalue weighted by molar-refractivity contribution is 0.0943. The molecule has 0 radical (unpaired) electrons. The number of hydrogen-bond acceptors (Lipinski definition) is 5. The molecular formula is C12H18N2O5S2. The third-order valence-corrected chi connectivity index (χ3v) is 4.72. The van der Waals surface area contributed by atoms with Crippen LogP contribution in [0.1, 0.15) is 22.8 Å². The van der Waals surface area contributed by atoms with E-state index in [1.807, 2.05) is 0 Å². The van der Waals surface area contributed by atoms with E-state index in [0.29, 0.717) is 5.56 Å². The van der Waals surface area contributed by atoms with Crippen LogP contribution in [0.3, 0.4) is 0 Å². The summed E-state index contributed by atoms with van der Waals surface area (Å²) in [6, 6.07) is 3.33. The van der Waals surface area contributed by atoms with Crippen LogP contribution < -0.4 is 10.5 Å². The Morgan fingerprint density at radius 1 is 1.29 bits per heavy atom. The predicted octanol–water partition coefficient (Wildman–Crippen LogP) is -0.195. The van der Waals surface area contributed by atoms with Crippen LogP contribution in [0.5, 0.6) is 0 Å². The minimum absolute atomic E-state index is 0.0827. The molecule has 3 N–H and O–H groups in total. The highest BCUT2D eigenvalue weighted by molar-refractivity contribution is 7.90. The first-order valence-corrected chi connectivity index (χ1v) is 9.63. The standard InChI is InChI=1S/C12H18N2O5S2/c1-8-6-10(21(13,18)19)4-5-11(8)12(15)14-9(2)7-20(3,16)17/h4-6,9H,7H2,1-3H3,(H,14,15)(H2,13,18,19). The molecule has 1 aromatic carbocycles. The van der Waals surface area contributed by atoms with Gasteiger partial charge in [-0.2, -0.15) is 0 Å². The van der Waals surface area contributed by atoms with Crippen LogP contribution >= 0.6 is 0 Å². The summed E-state index contributed by atoms with van der Waals surface area (Å²) in [6.07, 6.45) is 1.09. The molecule has 7 nitrogen and oxygen atoms in total. The van der Waals surface area contributed by atoms with E-state index in [-0.39, 0.29) is 16.2 Å². The van der Waals surface area contributed by atoms with Gasteiger partial charge < -0.3 is 5.32 Å². The number of nitrogens with two attached hydrogens (primary N) is 1. The van der Waals surface area contributed by atoms with E-state index >= 15 is 0 Å². The van der Waals surface area contributed by atoms with Crippen molar-refractivity contribution in [2.24, 2.45) is 5.14 Å². The average molecular weight is 334 g/mol. The highest BCUT2D eigenvalue weighted by atomic mass is 32.2. The Kier molecular flexibility index (Phi) is 5.13. The van der Waals surface area contributed by atoms with Gasteiger partial charge in [-0.05, 0) is 37.6 Å². The van der Waals surface area contributed by atoms with Gasteiger partial charge in [0.2, 0.25) is 10.0 Å². The Balaban J connectivity index is 2.94. The monoisotopic (exact) mass is 334 g/mol. The first kappa shape index (κ1) is 17.6. The number of nitrogens with one attached hydrogen (secondary N) is 1. The summed E-state index contributed by atoms with van der Waals surface area (Å²) < 4.78 is 44.7. The van der Waals surface area contributed by atoms with Crippen molar-refractivity contribution in [2.75, 3.05) is 12.0 Å². The normalized spacial score (nSPS) is 13.7. The molecule has 21 heavy (non-hydrogen) atoms. The maximum absolute atomic E-state index is 12.0. The summed E-state index contributed by atoms with van der Waals surface area (Å²) >= 11 is 0. The lowest BCUT2D eigenvalue weighted by Gasteiger charge is -2.14. The van der Waals surface area contributed by atoms with Crippen LogP contribution in [-0.2, 0) is 19.9 Å². The van der Waals surface area contributed by atoms with Crippen molar-refractivity contribution < 1.29 is 21.6 Å². The number of amides is 1. The van der Waals surface area contributed by atoms with Gasteiger partial charge in [-0.1, -0.05) is 0 Å². The summed E-state index contributed by atoms with van der Waals surface area (Å²) in [5.41, 5.74) is 0.702. The maximum Gasteiger partial charge on any atom is 0.251 e. The van der Waals surface area contributed by atoms with Gasteiger partial charge in [-0.3, -0.25) is 4.79 Å². The number of carbonyl (C=O) groups excluding carboxylic acids is 1. The van der Waals surface area contributed by atoms with E-state index in [2.05, 4.69) is 5.32 Å². The van der Waals surface area contributed by atoms with Gasteiger partial charge >= 0.3 is 0 Å². The first-order chi connectivity index (χ1) is 9.40. The third-order valence-electron chi connectivity index (χ3n) is 2.70. The van der Waals surface area contributed by atoms with Crippen molar-refractivity contribution in [2.45, 2.75) is 24.8 Å². The zero-order valence-corrected chi connectivity index (χ0v) is 13.6. The summed E-state index contributed by atoms with van der Waals surface area (Å²) in [5, 5.41) is 7.56. The Labute approximate surface area is 124 Å². The van der Waals surface area contributed by atoms with E-state index in [4.69, 9.17) is 5.14 Å². The lowest BCUT2D eigenvalue weighted by atomic mass is 10.1. The van der Waals surface area contributed by atoms with E-state index < -0.39 is 31.8 Å². The Morgan fingerprint density at radius 2 is 1.86 bits per heavy atom. The fourth-order valence-corrected chi connectivity index (χ4v) is 3.46. The molecule has 1 aromatic rings. The fourth-order valence-electron chi connectivity index (χ4n) is 1.87. The van der Waals surface area contributed by atoms with Crippen LogP contribution in [0.4, 0.5) is 0 Å². The molecule has 118 valence electrons. The van der Waals surface area contributed by atoms with Crippen molar-refractivity contribution in [1.29, 1.82) is 0 Å². The van der Waals surface area contributed by atoms with Crippen molar-refractivity contribution >= 4 is 25.8 Å². The number of rotatable bonds is 5. The minimum atomic E-state index is -3.83. The number of hydrogen-bond donors (Lipinski definition) is 2. The van der Waals surface area contributed by atoms with Gasteiger partial charge in [0.1, 0.15) is 9.84 Å². The molecule has 0 fully saturated rings. The molecule has 0 saturated heterocycles. The van der Waals surface area contributed by atoms with Crippen LogP contribution in [-0.4, -0.2) is 40.8 Å². The molecule has 1 unspecified atom stereocenters. The third kappa shape index (κ3) is 5.44. The molecule has 0 heterocycles. The topological polar surface area (TPSA) is 123 Å². The zero-order valence-electron chi connectivity index (χ0n) is 12.0. The second-order valence-electron chi connectivity index (χ2n) is 4.99. The first-order valence-electron chi connectivity index (χ1n) is 6.02. The SMILES string of the molecule is Cc1cc(S(N)(=O)=O)ccc1C(=O)NC(C)CS(C)(=O)=O. The van der Waals surface area contributed by atoms with Crippen LogP contribution in [0, 0.1) is 6.92 Å². The zero-order chi connectivity index (χ0) is 16.4. The predicted molar refractivity (Wildman–Crippen MR) is 79.2 cm³/mol. The smallest absolute Gasteiger partial charge is 0.251 e. The Hall–Kier alpha value is -1.45. The number of sulfone groups is 1. The molecule has 9 heteroatoms. The van der Waals surface area contributed by atoms with E-state index in [0.717, 1.165) is 6.26 Å².